The average molecular weight is 376 g/mol. The molecule has 4 aliphatic rings. The molecule has 3 fully saturated rings. The lowest BCUT2D eigenvalue weighted by atomic mass is 9.75. The topological polar surface area (TPSA) is 35.6 Å². The summed E-state index contributed by atoms with van der Waals surface area (Å²) >= 11 is 0. The number of rotatable bonds is 5. The Labute approximate surface area is 167 Å². The highest BCUT2D eigenvalue weighted by Crippen LogP contribution is 2.38. The van der Waals surface area contributed by atoms with Crippen LogP contribution in [0, 0.1) is 11.8 Å². The minimum absolute atomic E-state index is 0.0495. The van der Waals surface area contributed by atoms with Crippen LogP contribution in [0.2, 0.25) is 0 Å². The minimum Gasteiger partial charge on any atom is -0.371 e. The maximum absolute atomic E-state index is 12.4. The molecule has 28 heavy (non-hydrogen) atoms. The van der Waals surface area contributed by atoms with Gasteiger partial charge in [-0.2, -0.15) is 0 Å². The van der Waals surface area contributed by atoms with E-state index in [0.717, 1.165) is 23.9 Å². The third-order valence-corrected chi connectivity index (χ3v) is 6.99. The first-order valence-corrected chi connectivity index (χ1v) is 10.7. The molecule has 4 aliphatic heterocycles. The van der Waals surface area contributed by atoms with E-state index >= 15 is 0 Å². The summed E-state index contributed by atoms with van der Waals surface area (Å²) in [5.74, 6) is 1.59. The highest BCUT2D eigenvalue weighted by Gasteiger charge is 2.41. The molecular formula is C24H29N3O. The molecule has 6 rings (SSSR count). The van der Waals surface area contributed by atoms with Gasteiger partial charge >= 0.3 is 0 Å². The van der Waals surface area contributed by atoms with E-state index in [1.54, 1.807) is 0 Å². The van der Waals surface area contributed by atoms with Crippen molar-refractivity contribution in [1.82, 2.24) is 10.2 Å². The van der Waals surface area contributed by atoms with Crippen molar-refractivity contribution in [3.05, 3.63) is 65.7 Å². The van der Waals surface area contributed by atoms with Gasteiger partial charge in [0.25, 0.3) is 5.91 Å². The van der Waals surface area contributed by atoms with Gasteiger partial charge in [-0.05, 0) is 61.4 Å². The number of anilines is 1. The number of piperidine rings is 3. The summed E-state index contributed by atoms with van der Waals surface area (Å²) in [7, 11) is 0. The number of carbonyl (C=O) groups excluding carboxylic acids is 1. The Morgan fingerprint density at radius 2 is 1.86 bits per heavy atom. The van der Waals surface area contributed by atoms with Crippen LogP contribution in [-0.4, -0.2) is 49.6 Å². The maximum Gasteiger partial charge on any atom is 0.251 e. The first-order chi connectivity index (χ1) is 13.8. The van der Waals surface area contributed by atoms with Crippen LogP contribution in [0.4, 0.5) is 5.69 Å². The molecule has 0 saturated carbocycles. The van der Waals surface area contributed by atoms with Gasteiger partial charge in [0.05, 0.1) is 0 Å². The van der Waals surface area contributed by atoms with Gasteiger partial charge in [-0.3, -0.25) is 9.69 Å². The van der Waals surface area contributed by atoms with Crippen LogP contribution in [-0.2, 0) is 6.42 Å². The number of para-hydroxylation sites is 1. The minimum atomic E-state index is 0.0495. The molecule has 4 heterocycles. The summed E-state index contributed by atoms with van der Waals surface area (Å²) in [6.45, 7) is 5.47. The second-order valence-corrected chi connectivity index (χ2v) is 8.59. The third-order valence-electron chi connectivity index (χ3n) is 6.99. The molecule has 146 valence electrons. The summed E-state index contributed by atoms with van der Waals surface area (Å²) in [6, 6.07) is 18.9. The molecule has 1 unspecified atom stereocenters. The van der Waals surface area contributed by atoms with Crippen molar-refractivity contribution in [3.8, 4) is 0 Å². The first kappa shape index (κ1) is 17.7. The molecule has 2 bridgehead atoms. The summed E-state index contributed by atoms with van der Waals surface area (Å²) in [4.78, 5) is 17.6. The van der Waals surface area contributed by atoms with Gasteiger partial charge in [0, 0.05) is 43.5 Å². The number of hydrogen-bond acceptors (Lipinski definition) is 3. The Morgan fingerprint density at radius 1 is 1.04 bits per heavy atom. The average Bonchev–Trinajstić information content (AvgIpc) is 3.16. The summed E-state index contributed by atoms with van der Waals surface area (Å²) in [5.41, 5.74) is 3.71. The Balaban J connectivity index is 1.17. The van der Waals surface area contributed by atoms with Crippen molar-refractivity contribution >= 4 is 11.6 Å². The molecule has 1 amide bonds. The number of amides is 1. The van der Waals surface area contributed by atoms with Crippen molar-refractivity contribution in [3.63, 3.8) is 0 Å². The normalized spacial score (nSPS) is 28.2. The second-order valence-electron chi connectivity index (χ2n) is 8.59. The number of carbonyl (C=O) groups is 1. The van der Waals surface area contributed by atoms with E-state index in [2.05, 4.69) is 39.4 Å². The van der Waals surface area contributed by atoms with Crippen LogP contribution in [0.3, 0.4) is 0 Å². The SMILES string of the molecule is O=C(NC[C@H]1C[C@@H]2CCN1C[C@@H]2CN1CCc2ccccc21)c1ccccc1. The summed E-state index contributed by atoms with van der Waals surface area (Å²) in [6.07, 6.45) is 3.71. The van der Waals surface area contributed by atoms with Crippen LogP contribution in [0.15, 0.2) is 54.6 Å². The van der Waals surface area contributed by atoms with E-state index in [0.29, 0.717) is 6.04 Å². The largest absolute Gasteiger partial charge is 0.371 e. The molecule has 0 spiro atoms. The molecular weight excluding hydrogens is 346 g/mol. The molecule has 4 nitrogen and oxygen atoms in total. The van der Waals surface area contributed by atoms with Gasteiger partial charge in [-0.25, -0.2) is 0 Å². The predicted octanol–water partition coefficient (Wildman–Crippen LogP) is 3.19. The number of nitrogens with one attached hydrogen (secondary N) is 1. The lowest BCUT2D eigenvalue weighted by molar-refractivity contribution is 0.00495. The van der Waals surface area contributed by atoms with Crippen molar-refractivity contribution in [2.75, 3.05) is 37.6 Å². The zero-order chi connectivity index (χ0) is 18.9. The van der Waals surface area contributed by atoms with Crippen LogP contribution in [0.5, 0.6) is 0 Å². The Kier molecular flexibility index (Phi) is 4.81. The number of nitrogens with zero attached hydrogens (tertiary/aromatic N) is 2. The van der Waals surface area contributed by atoms with Crippen molar-refractivity contribution in [1.29, 1.82) is 0 Å². The van der Waals surface area contributed by atoms with Gasteiger partial charge in [-0.1, -0.05) is 36.4 Å². The van der Waals surface area contributed by atoms with E-state index in [1.165, 1.54) is 56.7 Å². The van der Waals surface area contributed by atoms with Gasteiger partial charge in [0.2, 0.25) is 0 Å². The highest BCUT2D eigenvalue weighted by molar-refractivity contribution is 5.94. The molecule has 1 N–H and O–H groups in total. The standard InChI is InChI=1S/C24H29N3O/c28-24(19-7-2-1-3-8-19)25-15-22-14-20-11-12-26(22)16-21(20)17-27-13-10-18-6-4-5-9-23(18)27/h1-9,20-22H,10-17H2,(H,25,28)/t20-,21+,22+/m0/s1. The van der Waals surface area contributed by atoms with Crippen LogP contribution >= 0.6 is 0 Å². The Bertz CT molecular complexity index is 837. The zero-order valence-corrected chi connectivity index (χ0v) is 16.4. The van der Waals surface area contributed by atoms with Gasteiger partial charge < -0.3 is 10.2 Å². The van der Waals surface area contributed by atoms with Crippen LogP contribution in [0.25, 0.3) is 0 Å². The first-order valence-electron chi connectivity index (χ1n) is 10.7. The van der Waals surface area contributed by atoms with Gasteiger partial charge in [-0.15, -0.1) is 0 Å². The lowest BCUT2D eigenvalue weighted by Crippen LogP contribution is -2.58. The van der Waals surface area contributed by atoms with Gasteiger partial charge in [0.1, 0.15) is 0 Å². The van der Waals surface area contributed by atoms with Crippen molar-refractivity contribution in [2.45, 2.75) is 25.3 Å². The zero-order valence-electron chi connectivity index (χ0n) is 16.4. The van der Waals surface area contributed by atoms with E-state index in [1.807, 2.05) is 30.3 Å². The van der Waals surface area contributed by atoms with E-state index in [9.17, 15) is 4.79 Å². The number of hydrogen-bond donors (Lipinski definition) is 1. The predicted molar refractivity (Wildman–Crippen MR) is 113 cm³/mol. The van der Waals surface area contributed by atoms with Crippen LogP contribution < -0.4 is 10.2 Å². The molecule has 0 aliphatic carbocycles. The molecule has 4 heteroatoms. The fourth-order valence-electron chi connectivity index (χ4n) is 5.45. The van der Waals surface area contributed by atoms with Gasteiger partial charge in [0.15, 0.2) is 0 Å². The third kappa shape index (κ3) is 3.42. The lowest BCUT2D eigenvalue weighted by Gasteiger charge is -2.51. The summed E-state index contributed by atoms with van der Waals surface area (Å²) in [5, 5.41) is 3.16. The quantitative estimate of drug-likeness (QED) is 0.872. The molecule has 3 saturated heterocycles. The fourth-order valence-corrected chi connectivity index (χ4v) is 5.45. The van der Waals surface area contributed by atoms with E-state index in [-0.39, 0.29) is 5.91 Å². The number of benzene rings is 2. The van der Waals surface area contributed by atoms with Crippen molar-refractivity contribution in [2.24, 2.45) is 11.8 Å². The molecule has 0 radical (unpaired) electrons. The molecule has 4 atom stereocenters. The Morgan fingerprint density at radius 3 is 2.68 bits per heavy atom. The fraction of sp³-hybridized carbons (Fsp3) is 0.458. The van der Waals surface area contributed by atoms with Crippen LogP contribution in [0.1, 0.15) is 28.8 Å². The second kappa shape index (κ2) is 7.59. The molecule has 2 aromatic rings. The smallest absolute Gasteiger partial charge is 0.251 e. The highest BCUT2D eigenvalue weighted by atomic mass is 16.1. The van der Waals surface area contributed by atoms with Crippen molar-refractivity contribution < 1.29 is 4.79 Å². The molecule has 0 aromatic heterocycles. The summed E-state index contributed by atoms with van der Waals surface area (Å²) < 4.78 is 0. The monoisotopic (exact) mass is 375 g/mol. The maximum atomic E-state index is 12.4. The number of fused-ring (bicyclic) bond motifs is 4. The Hall–Kier alpha value is -2.33. The molecule has 2 aromatic carbocycles. The van der Waals surface area contributed by atoms with E-state index in [4.69, 9.17) is 0 Å². The van der Waals surface area contributed by atoms with E-state index < -0.39 is 0 Å².